The zero-order chi connectivity index (χ0) is 12.3. The fourth-order valence-electron chi connectivity index (χ4n) is 2.55. The first-order chi connectivity index (χ1) is 8.15. The first-order valence-corrected chi connectivity index (χ1v) is 5.80. The molecule has 2 rings (SSSR count). The number of nitrogens with zero attached hydrogens (tertiary/aromatic N) is 2. The summed E-state index contributed by atoms with van der Waals surface area (Å²) in [7, 11) is 0. The van der Waals surface area contributed by atoms with Crippen molar-refractivity contribution in [1.82, 2.24) is 0 Å². The van der Waals surface area contributed by atoms with Crippen LogP contribution in [0.5, 0.6) is 0 Å². The van der Waals surface area contributed by atoms with Gasteiger partial charge in [0.15, 0.2) is 0 Å². The number of nitro benzene ring substituents is 1. The van der Waals surface area contributed by atoms with Crippen LogP contribution in [0.2, 0.25) is 0 Å². The molecule has 0 saturated heterocycles. The lowest BCUT2D eigenvalue weighted by atomic mass is 9.81. The standard InChI is InChI=1S/C13H14N2O2/c14-10-13(6-1-2-7-13)9-11-4-3-5-12(8-11)15(16)17/h3-5,8H,1-2,6-7,9H2. The molecule has 1 fully saturated rings. The van der Waals surface area contributed by atoms with E-state index in [1.165, 1.54) is 6.07 Å². The van der Waals surface area contributed by atoms with Crippen LogP contribution in [0.15, 0.2) is 24.3 Å². The van der Waals surface area contributed by atoms with Crippen molar-refractivity contribution in [3.8, 4) is 6.07 Å². The third kappa shape index (κ3) is 2.44. The van der Waals surface area contributed by atoms with E-state index < -0.39 is 4.92 Å². The molecule has 4 nitrogen and oxygen atoms in total. The van der Waals surface area contributed by atoms with Crippen molar-refractivity contribution in [2.24, 2.45) is 5.41 Å². The zero-order valence-electron chi connectivity index (χ0n) is 9.56. The molecule has 0 aliphatic heterocycles. The highest BCUT2D eigenvalue weighted by molar-refractivity contribution is 5.35. The normalized spacial score (nSPS) is 17.6. The van der Waals surface area contributed by atoms with Crippen LogP contribution in [0.3, 0.4) is 0 Å². The molecule has 0 heterocycles. The van der Waals surface area contributed by atoms with Gasteiger partial charge in [0.25, 0.3) is 5.69 Å². The van der Waals surface area contributed by atoms with Gasteiger partial charge in [-0.25, -0.2) is 0 Å². The Morgan fingerprint density at radius 1 is 1.41 bits per heavy atom. The Labute approximate surface area is 100 Å². The second-order valence-corrected chi connectivity index (χ2v) is 4.70. The monoisotopic (exact) mass is 230 g/mol. The highest BCUT2D eigenvalue weighted by Gasteiger charge is 2.34. The molecule has 0 aromatic heterocycles. The highest BCUT2D eigenvalue weighted by Crippen LogP contribution is 2.40. The van der Waals surface area contributed by atoms with E-state index in [9.17, 15) is 15.4 Å². The summed E-state index contributed by atoms with van der Waals surface area (Å²) in [5, 5.41) is 20.0. The second-order valence-electron chi connectivity index (χ2n) is 4.70. The maximum atomic E-state index is 10.7. The molecule has 88 valence electrons. The molecule has 0 spiro atoms. The van der Waals surface area contributed by atoms with Gasteiger partial charge >= 0.3 is 0 Å². The van der Waals surface area contributed by atoms with E-state index in [1.54, 1.807) is 12.1 Å². The average molecular weight is 230 g/mol. The van der Waals surface area contributed by atoms with Crippen molar-refractivity contribution in [3.05, 3.63) is 39.9 Å². The van der Waals surface area contributed by atoms with Gasteiger partial charge in [0.1, 0.15) is 0 Å². The number of nitro groups is 1. The van der Waals surface area contributed by atoms with E-state index in [0.29, 0.717) is 6.42 Å². The van der Waals surface area contributed by atoms with E-state index in [0.717, 1.165) is 31.2 Å². The van der Waals surface area contributed by atoms with E-state index >= 15 is 0 Å². The maximum Gasteiger partial charge on any atom is 0.269 e. The van der Waals surface area contributed by atoms with Crippen molar-refractivity contribution >= 4 is 5.69 Å². The molecule has 1 aromatic rings. The van der Waals surface area contributed by atoms with Gasteiger partial charge in [0.2, 0.25) is 0 Å². The summed E-state index contributed by atoms with van der Waals surface area (Å²) in [6.07, 6.45) is 4.62. The lowest BCUT2D eigenvalue weighted by Crippen LogP contribution is -2.16. The van der Waals surface area contributed by atoms with Gasteiger partial charge < -0.3 is 0 Å². The molecule has 0 N–H and O–H groups in total. The number of hydrogen-bond acceptors (Lipinski definition) is 3. The molecule has 17 heavy (non-hydrogen) atoms. The van der Waals surface area contributed by atoms with E-state index in [1.807, 2.05) is 6.07 Å². The summed E-state index contributed by atoms with van der Waals surface area (Å²) in [6, 6.07) is 9.02. The minimum atomic E-state index is -0.392. The highest BCUT2D eigenvalue weighted by atomic mass is 16.6. The van der Waals surface area contributed by atoms with Crippen LogP contribution in [-0.2, 0) is 6.42 Å². The molecular formula is C13H14N2O2. The van der Waals surface area contributed by atoms with Crippen LogP contribution >= 0.6 is 0 Å². The van der Waals surface area contributed by atoms with Gasteiger partial charge in [0, 0.05) is 12.1 Å². The number of non-ortho nitro benzene ring substituents is 1. The first-order valence-electron chi connectivity index (χ1n) is 5.80. The first kappa shape index (κ1) is 11.6. The van der Waals surface area contributed by atoms with Crippen molar-refractivity contribution in [1.29, 1.82) is 5.26 Å². The molecule has 1 aromatic carbocycles. The van der Waals surface area contributed by atoms with Gasteiger partial charge in [-0.15, -0.1) is 0 Å². The Morgan fingerprint density at radius 3 is 2.71 bits per heavy atom. The number of rotatable bonds is 3. The van der Waals surface area contributed by atoms with Gasteiger partial charge in [-0.1, -0.05) is 25.0 Å². The van der Waals surface area contributed by atoms with Gasteiger partial charge in [-0.3, -0.25) is 10.1 Å². The lowest BCUT2D eigenvalue weighted by molar-refractivity contribution is -0.384. The van der Waals surface area contributed by atoms with Gasteiger partial charge in [-0.05, 0) is 24.8 Å². The summed E-state index contributed by atoms with van der Waals surface area (Å²) in [6.45, 7) is 0. The SMILES string of the molecule is N#CC1(Cc2cccc([N+](=O)[O-])c2)CCCC1. The van der Waals surface area contributed by atoms with E-state index in [2.05, 4.69) is 6.07 Å². The van der Waals surface area contributed by atoms with Crippen molar-refractivity contribution in [2.45, 2.75) is 32.1 Å². The molecule has 0 atom stereocenters. The van der Waals surface area contributed by atoms with Crippen molar-refractivity contribution in [2.75, 3.05) is 0 Å². The molecule has 4 heteroatoms. The molecule has 1 saturated carbocycles. The molecule has 0 bridgehead atoms. The topological polar surface area (TPSA) is 66.9 Å². The number of nitriles is 1. The Kier molecular flexibility index (Phi) is 3.10. The van der Waals surface area contributed by atoms with E-state index in [4.69, 9.17) is 0 Å². The fraction of sp³-hybridized carbons (Fsp3) is 0.462. The summed E-state index contributed by atoms with van der Waals surface area (Å²) in [4.78, 5) is 10.3. The van der Waals surface area contributed by atoms with Gasteiger partial charge in [-0.2, -0.15) is 5.26 Å². The largest absolute Gasteiger partial charge is 0.269 e. The Balaban J connectivity index is 2.21. The molecule has 0 unspecified atom stereocenters. The summed E-state index contributed by atoms with van der Waals surface area (Å²) in [5.41, 5.74) is 0.700. The molecule has 1 aliphatic carbocycles. The van der Waals surface area contributed by atoms with Crippen molar-refractivity contribution in [3.63, 3.8) is 0 Å². The number of hydrogen-bond donors (Lipinski definition) is 0. The van der Waals surface area contributed by atoms with Crippen LogP contribution in [-0.4, -0.2) is 4.92 Å². The third-order valence-corrected chi connectivity index (χ3v) is 3.46. The third-order valence-electron chi connectivity index (χ3n) is 3.46. The number of benzene rings is 1. The summed E-state index contributed by atoms with van der Waals surface area (Å²) in [5.74, 6) is 0. The molecule has 1 aliphatic rings. The smallest absolute Gasteiger partial charge is 0.258 e. The zero-order valence-corrected chi connectivity index (χ0v) is 9.56. The minimum Gasteiger partial charge on any atom is -0.258 e. The molecular weight excluding hydrogens is 216 g/mol. The summed E-state index contributed by atoms with van der Waals surface area (Å²) >= 11 is 0. The van der Waals surface area contributed by atoms with Gasteiger partial charge in [0.05, 0.1) is 16.4 Å². The van der Waals surface area contributed by atoms with Crippen LogP contribution in [0.4, 0.5) is 5.69 Å². The Bertz CT molecular complexity index is 471. The minimum absolute atomic E-state index is 0.105. The van der Waals surface area contributed by atoms with E-state index in [-0.39, 0.29) is 11.1 Å². The van der Waals surface area contributed by atoms with Crippen LogP contribution in [0.1, 0.15) is 31.2 Å². The lowest BCUT2D eigenvalue weighted by Gasteiger charge is -2.19. The van der Waals surface area contributed by atoms with Crippen LogP contribution in [0.25, 0.3) is 0 Å². The Morgan fingerprint density at radius 2 is 2.12 bits per heavy atom. The molecule has 0 radical (unpaired) electrons. The Hall–Kier alpha value is -1.89. The molecule has 0 amide bonds. The fourth-order valence-corrected chi connectivity index (χ4v) is 2.55. The summed E-state index contributed by atoms with van der Waals surface area (Å²) < 4.78 is 0. The predicted molar refractivity (Wildman–Crippen MR) is 63.3 cm³/mol. The van der Waals surface area contributed by atoms with Crippen LogP contribution < -0.4 is 0 Å². The average Bonchev–Trinajstić information content (AvgIpc) is 2.78. The second kappa shape index (κ2) is 4.54. The van der Waals surface area contributed by atoms with Crippen molar-refractivity contribution < 1.29 is 4.92 Å². The predicted octanol–water partition coefficient (Wildman–Crippen LogP) is 3.22. The van der Waals surface area contributed by atoms with Crippen LogP contribution in [0, 0.1) is 26.9 Å². The maximum absolute atomic E-state index is 10.7. The quantitative estimate of drug-likeness (QED) is 0.591.